The standard InChI is InChI=1S/C14H17N3O2/c1-2-14(19)13(4-3-7-18)17-9-16-11-8-10(15)5-6-12(11)17/h5-9,13H,2-4,15H2,1H3. The van der Waals surface area contributed by atoms with Gasteiger partial charge in [0, 0.05) is 18.5 Å². The van der Waals surface area contributed by atoms with Crippen LogP contribution >= 0.6 is 0 Å². The van der Waals surface area contributed by atoms with Crippen LogP contribution in [-0.4, -0.2) is 21.6 Å². The summed E-state index contributed by atoms with van der Waals surface area (Å²) in [6.07, 6.45) is 3.80. The van der Waals surface area contributed by atoms with E-state index in [1.165, 1.54) is 0 Å². The lowest BCUT2D eigenvalue weighted by molar-refractivity contribution is -0.122. The van der Waals surface area contributed by atoms with Crippen LogP contribution in [-0.2, 0) is 9.59 Å². The Hall–Kier alpha value is -2.17. The fourth-order valence-corrected chi connectivity index (χ4v) is 2.21. The number of fused-ring (bicyclic) bond motifs is 1. The molecule has 1 unspecified atom stereocenters. The van der Waals surface area contributed by atoms with E-state index in [1.807, 2.05) is 17.6 Å². The van der Waals surface area contributed by atoms with Crippen molar-refractivity contribution in [1.29, 1.82) is 0 Å². The largest absolute Gasteiger partial charge is 0.399 e. The topological polar surface area (TPSA) is 78.0 Å². The lowest BCUT2D eigenvalue weighted by Crippen LogP contribution is -2.18. The minimum Gasteiger partial charge on any atom is -0.399 e. The van der Waals surface area contributed by atoms with Crippen LogP contribution in [0.2, 0.25) is 0 Å². The van der Waals surface area contributed by atoms with E-state index in [9.17, 15) is 9.59 Å². The number of nitrogen functional groups attached to an aromatic ring is 1. The first-order valence-electron chi connectivity index (χ1n) is 6.35. The fourth-order valence-electron chi connectivity index (χ4n) is 2.21. The van der Waals surface area contributed by atoms with Gasteiger partial charge in [-0.2, -0.15) is 0 Å². The molecule has 1 atom stereocenters. The van der Waals surface area contributed by atoms with Crippen LogP contribution in [0, 0.1) is 0 Å². The van der Waals surface area contributed by atoms with Crippen molar-refractivity contribution in [3.8, 4) is 0 Å². The zero-order valence-corrected chi connectivity index (χ0v) is 10.9. The molecule has 0 fully saturated rings. The van der Waals surface area contributed by atoms with Gasteiger partial charge in [-0.3, -0.25) is 4.79 Å². The zero-order chi connectivity index (χ0) is 13.8. The molecule has 19 heavy (non-hydrogen) atoms. The SMILES string of the molecule is CCC(=O)C(CCC=O)n1cnc2cc(N)ccc21. The van der Waals surface area contributed by atoms with Crippen molar-refractivity contribution in [3.63, 3.8) is 0 Å². The molecule has 0 bridgehead atoms. The Morgan fingerprint density at radius 2 is 2.32 bits per heavy atom. The number of rotatable bonds is 6. The molecule has 2 N–H and O–H groups in total. The molecule has 5 nitrogen and oxygen atoms in total. The van der Waals surface area contributed by atoms with Gasteiger partial charge in [-0.05, 0) is 24.6 Å². The van der Waals surface area contributed by atoms with Crippen molar-refractivity contribution in [3.05, 3.63) is 24.5 Å². The van der Waals surface area contributed by atoms with Gasteiger partial charge in [-0.25, -0.2) is 4.98 Å². The Morgan fingerprint density at radius 3 is 3.00 bits per heavy atom. The molecule has 0 amide bonds. The molecule has 2 rings (SSSR count). The first kappa shape index (κ1) is 13.3. The summed E-state index contributed by atoms with van der Waals surface area (Å²) in [5.41, 5.74) is 7.99. The lowest BCUT2D eigenvalue weighted by Gasteiger charge is -2.16. The number of carbonyl (C=O) groups excluding carboxylic acids is 2. The van der Waals surface area contributed by atoms with Gasteiger partial charge in [-0.1, -0.05) is 6.92 Å². The average Bonchev–Trinajstić information content (AvgIpc) is 2.81. The van der Waals surface area contributed by atoms with E-state index in [-0.39, 0.29) is 11.8 Å². The monoisotopic (exact) mass is 259 g/mol. The van der Waals surface area contributed by atoms with Crippen LogP contribution in [0.5, 0.6) is 0 Å². The summed E-state index contributed by atoms with van der Waals surface area (Å²) in [5.74, 6) is 0.109. The Kier molecular flexibility index (Phi) is 3.94. The maximum absolute atomic E-state index is 12.0. The summed E-state index contributed by atoms with van der Waals surface area (Å²) < 4.78 is 1.84. The second kappa shape index (κ2) is 5.65. The number of ketones is 1. The molecule has 5 heteroatoms. The van der Waals surface area contributed by atoms with Crippen molar-refractivity contribution in [1.82, 2.24) is 9.55 Å². The van der Waals surface area contributed by atoms with E-state index in [4.69, 9.17) is 5.73 Å². The molecule has 0 saturated heterocycles. The van der Waals surface area contributed by atoms with Gasteiger partial charge in [0.25, 0.3) is 0 Å². The number of imidazole rings is 1. The molecular formula is C14H17N3O2. The third kappa shape index (κ3) is 2.65. The molecule has 2 aromatic rings. The predicted molar refractivity (Wildman–Crippen MR) is 73.8 cm³/mol. The number of carbonyl (C=O) groups is 2. The van der Waals surface area contributed by atoms with Gasteiger partial charge in [0.1, 0.15) is 6.29 Å². The van der Waals surface area contributed by atoms with Crippen molar-refractivity contribution in [2.75, 3.05) is 5.73 Å². The third-order valence-corrected chi connectivity index (χ3v) is 3.21. The molecular weight excluding hydrogens is 242 g/mol. The number of hydrogen-bond acceptors (Lipinski definition) is 4. The third-order valence-electron chi connectivity index (χ3n) is 3.21. The Labute approximate surface area is 111 Å². The number of Topliss-reactive ketones (excluding diaryl/α,β-unsaturated/α-hetero) is 1. The van der Waals surface area contributed by atoms with Gasteiger partial charge in [0.2, 0.25) is 0 Å². The highest BCUT2D eigenvalue weighted by Crippen LogP contribution is 2.24. The molecule has 0 saturated carbocycles. The molecule has 0 radical (unpaired) electrons. The second-order valence-electron chi connectivity index (χ2n) is 4.48. The normalized spacial score (nSPS) is 12.5. The number of aldehydes is 1. The maximum atomic E-state index is 12.0. The van der Waals surface area contributed by atoms with Gasteiger partial charge in [0.15, 0.2) is 5.78 Å². The first-order valence-corrected chi connectivity index (χ1v) is 6.35. The molecule has 1 aromatic carbocycles. The number of nitrogens with two attached hydrogens (primary N) is 1. The molecule has 0 aliphatic rings. The average molecular weight is 259 g/mol. The van der Waals surface area contributed by atoms with Gasteiger partial charge in [-0.15, -0.1) is 0 Å². The van der Waals surface area contributed by atoms with Crippen molar-refractivity contribution in [2.45, 2.75) is 32.2 Å². The summed E-state index contributed by atoms with van der Waals surface area (Å²) in [5, 5.41) is 0. The summed E-state index contributed by atoms with van der Waals surface area (Å²) in [7, 11) is 0. The van der Waals surface area contributed by atoms with E-state index >= 15 is 0 Å². The predicted octanol–water partition coefficient (Wildman–Crippen LogP) is 2.12. The molecule has 0 aliphatic heterocycles. The minimum atomic E-state index is -0.330. The second-order valence-corrected chi connectivity index (χ2v) is 4.48. The number of anilines is 1. The lowest BCUT2D eigenvalue weighted by atomic mass is 10.0. The minimum absolute atomic E-state index is 0.109. The van der Waals surface area contributed by atoms with E-state index in [0.29, 0.717) is 24.9 Å². The number of hydrogen-bond donors (Lipinski definition) is 1. The summed E-state index contributed by atoms with van der Waals surface area (Å²) >= 11 is 0. The summed E-state index contributed by atoms with van der Waals surface area (Å²) in [6.45, 7) is 1.83. The Morgan fingerprint density at radius 1 is 1.53 bits per heavy atom. The van der Waals surface area contributed by atoms with Crippen molar-refractivity contribution < 1.29 is 9.59 Å². The van der Waals surface area contributed by atoms with Crippen LogP contribution in [0.25, 0.3) is 11.0 Å². The van der Waals surface area contributed by atoms with E-state index < -0.39 is 0 Å². The Bertz CT molecular complexity index is 604. The summed E-state index contributed by atoms with van der Waals surface area (Å²) in [4.78, 5) is 26.9. The zero-order valence-electron chi connectivity index (χ0n) is 10.9. The number of benzene rings is 1. The quantitative estimate of drug-likeness (QED) is 0.636. The van der Waals surface area contributed by atoms with Crippen molar-refractivity contribution >= 4 is 28.8 Å². The van der Waals surface area contributed by atoms with Gasteiger partial charge >= 0.3 is 0 Å². The number of nitrogens with zero attached hydrogens (tertiary/aromatic N) is 2. The van der Waals surface area contributed by atoms with Crippen LogP contribution < -0.4 is 5.73 Å². The smallest absolute Gasteiger partial charge is 0.155 e. The first-order chi connectivity index (χ1) is 9.17. The fraction of sp³-hybridized carbons (Fsp3) is 0.357. The van der Waals surface area contributed by atoms with Crippen LogP contribution in [0.4, 0.5) is 5.69 Å². The molecule has 1 aromatic heterocycles. The van der Waals surface area contributed by atoms with Crippen LogP contribution in [0.15, 0.2) is 24.5 Å². The Balaban J connectivity index is 2.43. The highest BCUT2D eigenvalue weighted by atomic mass is 16.1. The number of aromatic nitrogens is 2. The van der Waals surface area contributed by atoms with Crippen molar-refractivity contribution in [2.24, 2.45) is 0 Å². The van der Waals surface area contributed by atoms with E-state index in [0.717, 1.165) is 17.3 Å². The maximum Gasteiger partial charge on any atom is 0.155 e. The highest BCUT2D eigenvalue weighted by molar-refractivity contribution is 5.86. The molecule has 1 heterocycles. The molecule has 100 valence electrons. The van der Waals surface area contributed by atoms with E-state index in [1.54, 1.807) is 18.5 Å². The summed E-state index contributed by atoms with van der Waals surface area (Å²) in [6, 6.07) is 5.09. The molecule has 0 spiro atoms. The van der Waals surface area contributed by atoms with Crippen LogP contribution in [0.1, 0.15) is 32.2 Å². The van der Waals surface area contributed by atoms with Crippen LogP contribution in [0.3, 0.4) is 0 Å². The molecule has 0 aliphatic carbocycles. The van der Waals surface area contributed by atoms with Gasteiger partial charge in [0.05, 0.1) is 23.4 Å². The van der Waals surface area contributed by atoms with E-state index in [2.05, 4.69) is 4.98 Å². The highest BCUT2D eigenvalue weighted by Gasteiger charge is 2.20. The van der Waals surface area contributed by atoms with Gasteiger partial charge < -0.3 is 15.1 Å².